The molecule has 1 heterocycles. The molecule has 1 aliphatic heterocycles. The van der Waals surface area contributed by atoms with E-state index in [1.807, 2.05) is 0 Å². The molecule has 0 N–H and O–H groups in total. The van der Waals surface area contributed by atoms with Crippen LogP contribution in [0, 0.1) is 0 Å². The fourth-order valence-corrected chi connectivity index (χ4v) is 1.04. The van der Waals surface area contributed by atoms with Crippen molar-refractivity contribution in [3.63, 3.8) is 0 Å². The molecule has 12 heavy (non-hydrogen) atoms. The highest BCUT2D eigenvalue weighted by molar-refractivity contribution is 6.13. The minimum absolute atomic E-state index is 0.199. The Bertz CT molecular complexity index is 293. The Morgan fingerprint density at radius 3 is 2.67 bits per heavy atom. The van der Waals surface area contributed by atoms with Gasteiger partial charge in [-0.1, -0.05) is 0 Å². The summed E-state index contributed by atoms with van der Waals surface area (Å²) in [5.74, 6) is -0.886. The number of hydrogen-bond acceptors (Lipinski definition) is 3. The first-order chi connectivity index (χ1) is 6.81. The summed E-state index contributed by atoms with van der Waals surface area (Å²) in [4.78, 5) is 23.3. The van der Waals surface area contributed by atoms with E-state index in [4.69, 9.17) is 4.11 Å². The number of methoxy groups -OCH3 is 1. The summed E-state index contributed by atoms with van der Waals surface area (Å²) in [6, 6.07) is -0.583. The van der Waals surface area contributed by atoms with Gasteiger partial charge in [-0.25, -0.2) is 0 Å². The van der Waals surface area contributed by atoms with E-state index in [-0.39, 0.29) is 6.61 Å². The zero-order valence-corrected chi connectivity index (χ0v) is 6.61. The summed E-state index contributed by atoms with van der Waals surface area (Å²) in [6.07, 6.45) is 2.29. The van der Waals surface area contributed by atoms with Crippen LogP contribution in [0.15, 0.2) is 12.2 Å². The monoisotopic (exact) mass is 175 g/mol. The average Bonchev–Trinajstić information content (AvgIpc) is 2.41. The normalized spacial score (nSPS) is 23.8. The van der Waals surface area contributed by atoms with Gasteiger partial charge in [-0.05, 0) is 6.92 Å². The molecule has 0 radical (unpaired) electrons. The molecule has 66 valence electrons. The van der Waals surface area contributed by atoms with Crippen molar-refractivity contribution in [1.82, 2.24) is 4.90 Å². The van der Waals surface area contributed by atoms with Crippen LogP contribution in [0.1, 0.15) is 11.0 Å². The van der Waals surface area contributed by atoms with Crippen LogP contribution in [0.2, 0.25) is 0 Å². The molecular weight excluding hydrogens is 158 g/mol. The Balaban J connectivity index is 2.51. The van der Waals surface area contributed by atoms with Crippen molar-refractivity contribution in [2.45, 2.75) is 13.0 Å². The lowest BCUT2D eigenvalue weighted by atomic mass is 10.3. The van der Waals surface area contributed by atoms with Gasteiger partial charge in [0.25, 0.3) is 11.8 Å². The maximum Gasteiger partial charge on any atom is 0.253 e. The van der Waals surface area contributed by atoms with E-state index in [1.54, 1.807) is 6.92 Å². The highest BCUT2D eigenvalue weighted by Gasteiger charge is 2.27. The standard InChI is InChI=1S/C8H11NO3/c1-6(5-12-2)9-7(10)3-4-8(9)11/h3-4,6H,5H2,1-2H3/i2T3. The number of carbonyl (C=O) groups is 2. The van der Waals surface area contributed by atoms with Crippen LogP contribution in [0.25, 0.3) is 0 Å². The maximum atomic E-state index is 11.2. The van der Waals surface area contributed by atoms with Crippen LogP contribution in [-0.2, 0) is 14.3 Å². The third kappa shape index (κ3) is 1.53. The molecule has 0 aromatic carbocycles. The Labute approximate surface area is 75.0 Å². The lowest BCUT2D eigenvalue weighted by molar-refractivity contribution is -0.140. The molecule has 1 atom stereocenters. The molecule has 0 aliphatic carbocycles. The lowest BCUT2D eigenvalue weighted by Crippen LogP contribution is -2.40. The van der Waals surface area contributed by atoms with Gasteiger partial charge in [-0.2, -0.15) is 0 Å². The smallest absolute Gasteiger partial charge is 0.253 e. The minimum Gasteiger partial charge on any atom is -0.383 e. The second kappa shape index (κ2) is 3.49. The van der Waals surface area contributed by atoms with Crippen LogP contribution in [-0.4, -0.2) is 36.4 Å². The van der Waals surface area contributed by atoms with Gasteiger partial charge in [0.1, 0.15) is 0 Å². The second-order valence-corrected chi connectivity index (χ2v) is 2.54. The van der Waals surface area contributed by atoms with Gasteiger partial charge in [0.2, 0.25) is 0 Å². The van der Waals surface area contributed by atoms with Crippen LogP contribution in [0.4, 0.5) is 0 Å². The third-order valence-electron chi connectivity index (χ3n) is 1.61. The minimum atomic E-state index is -2.51. The van der Waals surface area contributed by atoms with Gasteiger partial charge in [0, 0.05) is 19.2 Å². The van der Waals surface area contributed by atoms with Crippen molar-refractivity contribution in [2.75, 3.05) is 13.6 Å². The molecule has 0 aromatic rings. The molecule has 4 heteroatoms. The first-order valence-corrected chi connectivity index (χ1v) is 3.50. The molecule has 2 amide bonds. The Hall–Kier alpha value is -1.16. The number of amides is 2. The maximum absolute atomic E-state index is 11.2. The van der Waals surface area contributed by atoms with E-state index >= 15 is 0 Å². The van der Waals surface area contributed by atoms with Crippen molar-refractivity contribution >= 4 is 11.8 Å². The molecule has 1 unspecified atom stereocenters. The Morgan fingerprint density at radius 2 is 2.17 bits per heavy atom. The third-order valence-corrected chi connectivity index (χ3v) is 1.61. The molecule has 0 spiro atoms. The molecule has 1 rings (SSSR count). The van der Waals surface area contributed by atoms with Crippen molar-refractivity contribution in [3.8, 4) is 0 Å². The molecule has 0 aromatic heterocycles. The molecule has 0 saturated carbocycles. The summed E-state index contributed by atoms with van der Waals surface area (Å²) >= 11 is 0. The number of imide groups is 1. The summed E-state index contributed by atoms with van der Waals surface area (Å²) in [6.45, 7) is 1.35. The molecule has 1 aliphatic rings. The fraction of sp³-hybridized carbons (Fsp3) is 0.500. The summed E-state index contributed by atoms with van der Waals surface area (Å²) in [5.41, 5.74) is 0. The highest BCUT2D eigenvalue weighted by Crippen LogP contribution is 2.08. The molecule has 0 bridgehead atoms. The van der Waals surface area contributed by atoms with E-state index in [0.29, 0.717) is 0 Å². The highest BCUT2D eigenvalue weighted by atomic mass is 16.5. The van der Waals surface area contributed by atoms with Crippen molar-refractivity contribution in [2.24, 2.45) is 0 Å². The molecule has 0 fully saturated rings. The number of nitrogens with zero attached hydrogens (tertiary/aromatic N) is 1. The molecular formula is C8H11NO3. The average molecular weight is 175 g/mol. The first-order valence-electron chi connectivity index (χ1n) is 5.00. The van der Waals surface area contributed by atoms with E-state index in [1.165, 1.54) is 0 Å². The number of ether oxygens (including phenoxy) is 1. The number of hydrogen-bond donors (Lipinski definition) is 0. The number of rotatable bonds is 3. The van der Waals surface area contributed by atoms with E-state index in [0.717, 1.165) is 17.1 Å². The van der Waals surface area contributed by atoms with E-state index in [2.05, 4.69) is 4.74 Å². The SMILES string of the molecule is [3H]C([3H])([3H])OCC(C)N1C(=O)C=CC1=O. The zero-order chi connectivity index (χ0) is 11.6. The Kier molecular flexibility index (Phi) is 1.59. The van der Waals surface area contributed by atoms with Crippen LogP contribution >= 0.6 is 0 Å². The van der Waals surface area contributed by atoms with Gasteiger partial charge < -0.3 is 4.74 Å². The zero-order valence-electron chi connectivity index (χ0n) is 9.61. The molecule has 0 saturated heterocycles. The van der Waals surface area contributed by atoms with Gasteiger partial charge in [0.05, 0.1) is 16.8 Å². The predicted octanol–water partition coefficient (Wildman–Crippen LogP) is -0.0537. The van der Waals surface area contributed by atoms with E-state index in [9.17, 15) is 9.59 Å². The van der Waals surface area contributed by atoms with Gasteiger partial charge >= 0.3 is 0 Å². The van der Waals surface area contributed by atoms with Gasteiger partial charge in [0.15, 0.2) is 0 Å². The number of carbonyl (C=O) groups excluding carboxylic acids is 2. The second-order valence-electron chi connectivity index (χ2n) is 2.54. The largest absolute Gasteiger partial charge is 0.383 e. The quantitative estimate of drug-likeness (QED) is 0.565. The van der Waals surface area contributed by atoms with Gasteiger partial charge in [-0.15, -0.1) is 0 Å². The van der Waals surface area contributed by atoms with Crippen LogP contribution in [0.5, 0.6) is 0 Å². The fourth-order valence-electron chi connectivity index (χ4n) is 1.04. The summed E-state index contributed by atoms with van der Waals surface area (Å²) < 4.78 is 24.9. The topological polar surface area (TPSA) is 46.6 Å². The Morgan fingerprint density at radius 1 is 1.58 bits per heavy atom. The molecule has 4 nitrogen and oxygen atoms in total. The van der Waals surface area contributed by atoms with Crippen LogP contribution < -0.4 is 0 Å². The van der Waals surface area contributed by atoms with Crippen LogP contribution in [0.3, 0.4) is 0 Å². The summed E-state index contributed by atoms with van der Waals surface area (Å²) in [7, 11) is -2.51. The predicted molar refractivity (Wildman–Crippen MR) is 42.3 cm³/mol. The van der Waals surface area contributed by atoms with Gasteiger partial charge in [-0.3, -0.25) is 14.5 Å². The van der Waals surface area contributed by atoms with Crippen molar-refractivity contribution < 1.29 is 18.4 Å². The van der Waals surface area contributed by atoms with E-state index < -0.39 is 24.9 Å². The lowest BCUT2D eigenvalue weighted by Gasteiger charge is -2.21. The first kappa shape index (κ1) is 5.48. The van der Waals surface area contributed by atoms with Crippen molar-refractivity contribution in [3.05, 3.63) is 12.2 Å². The van der Waals surface area contributed by atoms with Crippen molar-refractivity contribution in [1.29, 1.82) is 0 Å². The summed E-state index contributed by atoms with van der Waals surface area (Å²) in [5, 5.41) is 0.